The van der Waals surface area contributed by atoms with E-state index in [0.29, 0.717) is 11.3 Å². The number of aryl methyl sites for hydroxylation is 1. The summed E-state index contributed by atoms with van der Waals surface area (Å²) in [4.78, 5) is 29.5. The van der Waals surface area contributed by atoms with Gasteiger partial charge in [0.15, 0.2) is 5.65 Å². The first-order valence-electron chi connectivity index (χ1n) is 9.96. The molecule has 2 heterocycles. The summed E-state index contributed by atoms with van der Waals surface area (Å²) in [5.41, 5.74) is 7.14. The van der Waals surface area contributed by atoms with Gasteiger partial charge in [0.25, 0.3) is 17.7 Å². The highest BCUT2D eigenvalue weighted by molar-refractivity contribution is 6.01. The Bertz CT molecular complexity index is 1120. The van der Waals surface area contributed by atoms with Gasteiger partial charge in [-0.05, 0) is 31.4 Å². The van der Waals surface area contributed by atoms with Crippen LogP contribution < -0.4 is 11.1 Å². The SMILES string of the molecule is COCc1nn2c(C(=O)NC3CCC(F)(F)C4CC=CC=C34)cc(C)nc2c1C(N)=O. The van der Waals surface area contributed by atoms with Gasteiger partial charge in [0.05, 0.1) is 12.6 Å². The second-order valence-electron chi connectivity index (χ2n) is 7.85. The van der Waals surface area contributed by atoms with E-state index < -0.39 is 29.7 Å². The number of halogens is 2. The summed E-state index contributed by atoms with van der Waals surface area (Å²) in [6.07, 6.45) is 5.19. The summed E-state index contributed by atoms with van der Waals surface area (Å²) >= 11 is 0. The zero-order chi connectivity index (χ0) is 22.3. The minimum absolute atomic E-state index is 0.0142. The zero-order valence-electron chi connectivity index (χ0n) is 17.2. The first kappa shape index (κ1) is 21.1. The van der Waals surface area contributed by atoms with E-state index in [4.69, 9.17) is 10.5 Å². The standard InChI is InChI=1S/C21H23F2N5O3/c1-11-9-16(28-19(25-11)17(18(24)29)15(27-28)10-31-2)20(30)26-14-7-8-21(22,23)13-6-4-3-5-12(13)14/h3-5,9,13-14H,6-8,10H2,1-2H3,(H2,24,29)(H,26,30). The van der Waals surface area contributed by atoms with Crippen LogP contribution in [-0.4, -0.2) is 45.5 Å². The van der Waals surface area contributed by atoms with Crippen LogP contribution in [0.25, 0.3) is 5.65 Å². The fourth-order valence-corrected chi connectivity index (χ4v) is 4.32. The number of nitrogens with one attached hydrogen (secondary N) is 1. The fraction of sp³-hybridized carbons (Fsp3) is 0.429. The number of alkyl halides is 2. The molecule has 0 aliphatic heterocycles. The number of amides is 2. The first-order valence-corrected chi connectivity index (χ1v) is 9.96. The molecule has 2 atom stereocenters. The molecular formula is C21H23F2N5O3. The average Bonchev–Trinajstić information content (AvgIpc) is 3.08. The van der Waals surface area contributed by atoms with E-state index >= 15 is 0 Å². The number of primary amides is 1. The number of hydrogen-bond donors (Lipinski definition) is 2. The molecule has 2 aliphatic carbocycles. The van der Waals surface area contributed by atoms with Crippen molar-refractivity contribution in [3.8, 4) is 0 Å². The van der Waals surface area contributed by atoms with Crippen LogP contribution in [0.1, 0.15) is 51.5 Å². The van der Waals surface area contributed by atoms with Crippen molar-refractivity contribution in [3.05, 3.63) is 52.5 Å². The van der Waals surface area contributed by atoms with Crippen LogP contribution in [0.3, 0.4) is 0 Å². The molecule has 2 aromatic heterocycles. The molecule has 0 saturated heterocycles. The Morgan fingerprint density at radius 3 is 2.90 bits per heavy atom. The molecule has 164 valence electrons. The second-order valence-corrected chi connectivity index (χ2v) is 7.85. The maximum atomic E-state index is 14.4. The quantitative estimate of drug-likeness (QED) is 0.755. The second kappa shape index (κ2) is 7.84. The number of ether oxygens (including phenoxy) is 1. The molecule has 0 bridgehead atoms. The Hall–Kier alpha value is -3.14. The maximum absolute atomic E-state index is 14.4. The van der Waals surface area contributed by atoms with Gasteiger partial charge in [-0.3, -0.25) is 9.59 Å². The van der Waals surface area contributed by atoms with Crippen LogP contribution >= 0.6 is 0 Å². The molecule has 31 heavy (non-hydrogen) atoms. The van der Waals surface area contributed by atoms with Gasteiger partial charge in [-0.1, -0.05) is 18.2 Å². The molecule has 2 amide bonds. The molecule has 8 nitrogen and oxygen atoms in total. The monoisotopic (exact) mass is 431 g/mol. The van der Waals surface area contributed by atoms with Gasteiger partial charge in [-0.15, -0.1) is 0 Å². The van der Waals surface area contributed by atoms with E-state index in [9.17, 15) is 18.4 Å². The van der Waals surface area contributed by atoms with Crippen molar-refractivity contribution >= 4 is 17.5 Å². The number of carbonyl (C=O) groups is 2. The molecule has 0 spiro atoms. The molecule has 2 aromatic rings. The molecule has 0 radical (unpaired) electrons. The van der Waals surface area contributed by atoms with Crippen LogP contribution in [0.4, 0.5) is 8.78 Å². The summed E-state index contributed by atoms with van der Waals surface area (Å²) in [7, 11) is 1.45. The highest BCUT2D eigenvalue weighted by atomic mass is 19.3. The van der Waals surface area contributed by atoms with Crippen LogP contribution in [0.2, 0.25) is 0 Å². The Morgan fingerprint density at radius 2 is 2.19 bits per heavy atom. The summed E-state index contributed by atoms with van der Waals surface area (Å²) in [6.45, 7) is 1.69. The molecule has 4 rings (SSSR count). The van der Waals surface area contributed by atoms with Crippen molar-refractivity contribution in [2.75, 3.05) is 7.11 Å². The summed E-state index contributed by atoms with van der Waals surface area (Å²) in [5.74, 6) is -4.95. The van der Waals surface area contributed by atoms with E-state index in [1.54, 1.807) is 25.2 Å². The minimum atomic E-state index is -2.80. The number of rotatable bonds is 5. The van der Waals surface area contributed by atoms with Crippen molar-refractivity contribution in [2.24, 2.45) is 11.7 Å². The number of fused-ring (bicyclic) bond motifs is 2. The van der Waals surface area contributed by atoms with E-state index in [-0.39, 0.29) is 48.5 Å². The van der Waals surface area contributed by atoms with E-state index in [1.165, 1.54) is 17.7 Å². The third-order valence-electron chi connectivity index (χ3n) is 5.73. The molecule has 1 fully saturated rings. The fourth-order valence-electron chi connectivity index (χ4n) is 4.32. The van der Waals surface area contributed by atoms with Gasteiger partial charge in [0.2, 0.25) is 0 Å². The Balaban J connectivity index is 1.71. The highest BCUT2D eigenvalue weighted by Gasteiger charge is 2.47. The predicted octanol–water partition coefficient (Wildman–Crippen LogP) is 2.31. The highest BCUT2D eigenvalue weighted by Crippen LogP contribution is 2.45. The van der Waals surface area contributed by atoms with Crippen molar-refractivity contribution in [3.63, 3.8) is 0 Å². The van der Waals surface area contributed by atoms with Gasteiger partial charge in [-0.25, -0.2) is 18.3 Å². The lowest BCUT2D eigenvalue weighted by Gasteiger charge is -2.39. The summed E-state index contributed by atoms with van der Waals surface area (Å²) < 4.78 is 35.1. The minimum Gasteiger partial charge on any atom is -0.378 e. The molecule has 10 heteroatoms. The van der Waals surface area contributed by atoms with E-state index in [0.717, 1.165) is 0 Å². The number of aromatic nitrogens is 3. The predicted molar refractivity (Wildman–Crippen MR) is 108 cm³/mol. The number of hydrogen-bond acceptors (Lipinski definition) is 5. The Morgan fingerprint density at radius 1 is 1.42 bits per heavy atom. The molecular weight excluding hydrogens is 408 g/mol. The zero-order valence-corrected chi connectivity index (χ0v) is 17.2. The van der Waals surface area contributed by atoms with Crippen LogP contribution in [0.15, 0.2) is 29.9 Å². The number of nitrogens with zero attached hydrogens (tertiary/aromatic N) is 3. The van der Waals surface area contributed by atoms with Gasteiger partial charge in [0.1, 0.15) is 17.0 Å². The van der Waals surface area contributed by atoms with Crippen molar-refractivity contribution in [1.82, 2.24) is 19.9 Å². The van der Waals surface area contributed by atoms with Crippen LogP contribution in [-0.2, 0) is 11.3 Å². The largest absolute Gasteiger partial charge is 0.378 e. The van der Waals surface area contributed by atoms with Crippen molar-refractivity contribution in [2.45, 2.75) is 44.8 Å². The van der Waals surface area contributed by atoms with Crippen molar-refractivity contribution < 1.29 is 23.1 Å². The van der Waals surface area contributed by atoms with Crippen LogP contribution in [0.5, 0.6) is 0 Å². The van der Waals surface area contributed by atoms with Gasteiger partial charge < -0.3 is 15.8 Å². The smallest absolute Gasteiger partial charge is 0.270 e. The Kier molecular flexibility index (Phi) is 5.34. The van der Waals surface area contributed by atoms with Crippen molar-refractivity contribution in [1.29, 1.82) is 0 Å². The summed E-state index contributed by atoms with van der Waals surface area (Å²) in [6, 6.07) is 1.01. The number of nitrogens with two attached hydrogens (primary N) is 1. The number of allylic oxidation sites excluding steroid dienone is 3. The first-order chi connectivity index (χ1) is 14.7. The normalized spacial score (nSPS) is 22.1. The maximum Gasteiger partial charge on any atom is 0.270 e. The molecule has 2 unspecified atom stereocenters. The lowest BCUT2D eigenvalue weighted by atomic mass is 9.74. The molecule has 3 N–H and O–H groups in total. The average molecular weight is 431 g/mol. The molecule has 0 aromatic carbocycles. The Labute approximate surface area is 177 Å². The topological polar surface area (TPSA) is 112 Å². The van der Waals surface area contributed by atoms with Gasteiger partial charge in [0, 0.05) is 25.1 Å². The lowest BCUT2D eigenvalue weighted by Crippen LogP contribution is -2.47. The van der Waals surface area contributed by atoms with E-state index in [1.807, 2.05) is 0 Å². The molecule has 2 aliphatic rings. The molecule has 1 saturated carbocycles. The third-order valence-corrected chi connectivity index (χ3v) is 5.73. The summed E-state index contributed by atoms with van der Waals surface area (Å²) in [5, 5.41) is 7.18. The number of carbonyl (C=O) groups excluding carboxylic acids is 2. The lowest BCUT2D eigenvalue weighted by molar-refractivity contribution is -0.0683. The number of methoxy groups -OCH3 is 1. The van der Waals surface area contributed by atoms with Gasteiger partial charge in [-0.2, -0.15) is 5.10 Å². The van der Waals surface area contributed by atoms with Gasteiger partial charge >= 0.3 is 0 Å². The van der Waals surface area contributed by atoms with Crippen LogP contribution in [0, 0.1) is 12.8 Å². The third kappa shape index (κ3) is 3.71. The van der Waals surface area contributed by atoms with E-state index in [2.05, 4.69) is 15.4 Å².